The summed E-state index contributed by atoms with van der Waals surface area (Å²) in [6.45, 7) is 10.6. The minimum Gasteiger partial charge on any atom is -0.375 e. The third-order valence-corrected chi connectivity index (χ3v) is 5.39. The van der Waals surface area contributed by atoms with Crippen molar-refractivity contribution in [1.82, 2.24) is 10.3 Å². The smallest absolute Gasteiger partial charge is 0.166 e. The highest BCUT2D eigenvalue weighted by Gasteiger charge is 2.08. The second kappa shape index (κ2) is 12.3. The molecule has 3 nitrogen and oxygen atoms in total. The molecule has 0 aliphatic heterocycles. The number of hydrogen-bond donors (Lipinski definition) is 2. The van der Waals surface area contributed by atoms with Gasteiger partial charge in [0.25, 0.3) is 0 Å². The minimum atomic E-state index is 0. The molecular weight excluding hydrogens is 384 g/mol. The highest BCUT2D eigenvalue weighted by atomic mass is 32.2. The van der Waals surface area contributed by atoms with Gasteiger partial charge in [0.15, 0.2) is 5.78 Å². The zero-order valence-electron chi connectivity index (χ0n) is 16.0. The maximum absolute atomic E-state index is 12.0. The van der Waals surface area contributed by atoms with E-state index in [0.717, 1.165) is 28.0 Å². The van der Waals surface area contributed by atoms with Gasteiger partial charge < -0.3 is 10.3 Å². The second-order valence-corrected chi connectivity index (χ2v) is 8.22. The molecule has 0 amide bonds. The van der Waals surface area contributed by atoms with E-state index in [9.17, 15) is 4.79 Å². The largest absolute Gasteiger partial charge is 0.375 e. The van der Waals surface area contributed by atoms with Crippen LogP contribution in [0.3, 0.4) is 0 Å². The molecule has 0 spiro atoms. The lowest BCUT2D eigenvalue weighted by Crippen LogP contribution is -2.09. The number of rotatable bonds is 7. The summed E-state index contributed by atoms with van der Waals surface area (Å²) in [6.07, 6.45) is 5.08. The highest BCUT2D eigenvalue weighted by Crippen LogP contribution is 2.27. The lowest BCUT2D eigenvalue weighted by atomic mass is 10.1. The quantitative estimate of drug-likeness (QED) is 0.402. The highest BCUT2D eigenvalue weighted by molar-refractivity contribution is 8.07. The molecule has 150 valence electrons. The van der Waals surface area contributed by atoms with Crippen LogP contribution in [0, 0.1) is 0 Å². The van der Waals surface area contributed by atoms with E-state index in [0.29, 0.717) is 4.91 Å². The van der Waals surface area contributed by atoms with Crippen molar-refractivity contribution in [3.05, 3.63) is 74.9 Å². The number of fused-ring (bicyclic) bond motifs is 1. The van der Waals surface area contributed by atoms with Crippen molar-refractivity contribution in [2.45, 2.75) is 41.2 Å². The summed E-state index contributed by atoms with van der Waals surface area (Å²) < 4.78 is 0. The number of aromatic nitrogens is 1. The van der Waals surface area contributed by atoms with Gasteiger partial charge in [0.05, 0.1) is 9.93 Å². The fraction of sp³-hybridized carbons (Fsp3) is 0.261. The molecule has 0 bridgehead atoms. The van der Waals surface area contributed by atoms with Crippen LogP contribution >= 0.6 is 23.1 Å². The number of hydrogen-bond acceptors (Lipinski definition) is 4. The molecule has 2 aromatic heterocycles. The van der Waals surface area contributed by atoms with E-state index in [-0.39, 0.29) is 13.2 Å². The minimum absolute atomic E-state index is 0. The maximum atomic E-state index is 12.0. The molecule has 0 atom stereocenters. The first-order valence-electron chi connectivity index (χ1n) is 8.96. The molecule has 0 radical (unpaired) electrons. The second-order valence-electron chi connectivity index (χ2n) is 6.05. The number of benzene rings is 1. The Morgan fingerprint density at radius 3 is 2.68 bits per heavy atom. The van der Waals surface area contributed by atoms with Crippen LogP contribution in [-0.4, -0.2) is 10.8 Å². The van der Waals surface area contributed by atoms with Crippen molar-refractivity contribution in [3.63, 3.8) is 0 Å². The molecule has 1 aromatic carbocycles. The first kappa shape index (κ1) is 23.8. The van der Waals surface area contributed by atoms with E-state index >= 15 is 0 Å². The molecule has 0 saturated heterocycles. The van der Waals surface area contributed by atoms with E-state index < -0.39 is 0 Å². The zero-order chi connectivity index (χ0) is 19.6. The Balaban J connectivity index is 0.000000921. The zero-order valence-corrected chi connectivity index (χ0v) is 17.7. The van der Waals surface area contributed by atoms with E-state index in [2.05, 4.69) is 42.9 Å². The maximum Gasteiger partial charge on any atom is 0.166 e. The predicted molar refractivity (Wildman–Crippen MR) is 128 cm³/mol. The molecule has 2 heterocycles. The van der Waals surface area contributed by atoms with Gasteiger partial charge in [-0.1, -0.05) is 58.2 Å². The van der Waals surface area contributed by atoms with Gasteiger partial charge in [-0.25, -0.2) is 0 Å². The third-order valence-electron chi connectivity index (χ3n) is 3.50. The molecule has 3 aromatic rings. The molecule has 3 rings (SSSR count). The van der Waals surface area contributed by atoms with Crippen molar-refractivity contribution in [3.8, 4) is 0 Å². The number of carbonyl (C=O) groups is 1. The number of aromatic amines is 1. The summed E-state index contributed by atoms with van der Waals surface area (Å²) in [5.41, 5.74) is 2.09. The van der Waals surface area contributed by atoms with Gasteiger partial charge in [-0.05, 0) is 53.6 Å². The number of thioether (sulfide) groups is 1. The van der Waals surface area contributed by atoms with Crippen molar-refractivity contribution in [2.75, 3.05) is 0 Å². The van der Waals surface area contributed by atoms with Crippen molar-refractivity contribution >= 4 is 45.9 Å². The third kappa shape index (κ3) is 7.41. The number of thiophene rings is 1. The lowest BCUT2D eigenvalue weighted by Gasteiger charge is -2.09. The Labute approximate surface area is 177 Å². The van der Waals surface area contributed by atoms with Crippen molar-refractivity contribution < 1.29 is 4.79 Å². The van der Waals surface area contributed by atoms with Gasteiger partial charge in [0, 0.05) is 23.1 Å². The van der Waals surface area contributed by atoms with Crippen LogP contribution in [0.25, 0.3) is 17.0 Å². The Morgan fingerprint density at radius 1 is 1.29 bits per heavy atom. The van der Waals surface area contributed by atoms with E-state index in [4.69, 9.17) is 0 Å². The van der Waals surface area contributed by atoms with Gasteiger partial charge in [-0.3, -0.25) is 4.79 Å². The molecule has 0 aliphatic carbocycles. The molecular formula is C23H30N2OS2. The van der Waals surface area contributed by atoms with Crippen LogP contribution in [0.1, 0.15) is 45.1 Å². The molecule has 0 fully saturated rings. The average Bonchev–Trinajstić information content (AvgIpc) is 3.31. The fourth-order valence-corrected chi connectivity index (χ4v) is 3.68. The number of H-pyrrole nitrogens is 1. The fourth-order valence-electron chi connectivity index (χ4n) is 2.28. The molecule has 5 heteroatoms. The predicted octanol–water partition coefficient (Wildman–Crippen LogP) is 7.21. The Hall–Kier alpha value is -2.24. The van der Waals surface area contributed by atoms with Crippen LogP contribution in [0.2, 0.25) is 0 Å². The van der Waals surface area contributed by atoms with Crippen molar-refractivity contribution in [1.29, 1.82) is 0 Å². The first-order chi connectivity index (χ1) is 13.0. The molecule has 0 aliphatic rings. The van der Waals surface area contributed by atoms with Crippen LogP contribution < -0.4 is 5.32 Å². The van der Waals surface area contributed by atoms with Gasteiger partial charge in [0.1, 0.15) is 0 Å². The standard InChI is InChI=1S/C19H18N2OS2.C3H8.CH4/c1-13(22)19(24-14(2)21-12-17-4-3-9-23-17)11-15-5-6-18-16(10-15)7-8-20-18;1-3-2;/h3-11,20-21H,2,12H2,1H3;3H2,1-2H3;1H4/b19-11-;;. The SMILES string of the molecule is C.C=C(NCc1cccs1)S/C(=C\c1ccc2[nH]ccc2c1)C(C)=O.CCC. The number of carbonyl (C=O) groups excluding carboxylic acids is 1. The van der Waals surface area contributed by atoms with E-state index in [1.165, 1.54) is 23.1 Å². The van der Waals surface area contributed by atoms with Crippen LogP contribution in [0.15, 0.2) is 64.5 Å². The molecule has 28 heavy (non-hydrogen) atoms. The Bertz CT molecular complexity index is 908. The normalized spacial score (nSPS) is 10.6. The summed E-state index contributed by atoms with van der Waals surface area (Å²) >= 11 is 3.08. The van der Waals surface area contributed by atoms with Gasteiger partial charge in [0.2, 0.25) is 0 Å². The van der Waals surface area contributed by atoms with Crippen LogP contribution in [-0.2, 0) is 11.3 Å². The number of nitrogens with one attached hydrogen (secondary N) is 2. The van der Waals surface area contributed by atoms with E-state index in [1.807, 2.05) is 41.9 Å². The Morgan fingerprint density at radius 2 is 2.04 bits per heavy atom. The number of ketones is 1. The lowest BCUT2D eigenvalue weighted by molar-refractivity contribution is -0.112. The summed E-state index contributed by atoms with van der Waals surface area (Å²) in [7, 11) is 0. The van der Waals surface area contributed by atoms with E-state index in [1.54, 1.807) is 18.3 Å². The molecule has 2 N–H and O–H groups in total. The monoisotopic (exact) mass is 414 g/mol. The topological polar surface area (TPSA) is 44.9 Å². The summed E-state index contributed by atoms with van der Waals surface area (Å²) in [4.78, 5) is 17.1. The first-order valence-corrected chi connectivity index (χ1v) is 10.7. The number of Topliss-reactive ketones (excluding diaryl/α,β-unsaturated/α-hetero) is 1. The number of allylic oxidation sites excluding steroid dienone is 1. The van der Waals surface area contributed by atoms with Gasteiger partial charge >= 0.3 is 0 Å². The van der Waals surface area contributed by atoms with Gasteiger partial charge in [-0.2, -0.15) is 0 Å². The van der Waals surface area contributed by atoms with Crippen LogP contribution in [0.4, 0.5) is 0 Å². The summed E-state index contributed by atoms with van der Waals surface area (Å²) in [6, 6.07) is 12.2. The summed E-state index contributed by atoms with van der Waals surface area (Å²) in [5.74, 6) is 0.0354. The molecule has 0 unspecified atom stereocenters. The van der Waals surface area contributed by atoms with Gasteiger partial charge in [-0.15, -0.1) is 11.3 Å². The van der Waals surface area contributed by atoms with Crippen LogP contribution in [0.5, 0.6) is 0 Å². The Kier molecular flexibility index (Phi) is 10.4. The molecule has 0 saturated carbocycles. The van der Waals surface area contributed by atoms with Crippen molar-refractivity contribution in [2.24, 2.45) is 0 Å². The summed E-state index contributed by atoms with van der Waals surface area (Å²) in [5, 5.41) is 7.21. The average molecular weight is 415 g/mol.